The Bertz CT molecular complexity index is 419. The van der Waals surface area contributed by atoms with Gasteiger partial charge in [0.25, 0.3) is 0 Å². The Kier molecular flexibility index (Phi) is 3.69. The first kappa shape index (κ1) is 13.8. The molecule has 6 heteroatoms. The summed E-state index contributed by atoms with van der Waals surface area (Å²) >= 11 is 0. The Morgan fingerprint density at radius 3 is 2.00 bits per heavy atom. The Labute approximate surface area is 109 Å². The van der Waals surface area contributed by atoms with Crippen LogP contribution in [0.4, 0.5) is 0 Å². The summed E-state index contributed by atoms with van der Waals surface area (Å²) in [6.45, 7) is 6.68. The molecule has 1 amide bonds. The molecule has 5 nitrogen and oxygen atoms in total. The maximum atomic E-state index is 12.2. The van der Waals surface area contributed by atoms with Gasteiger partial charge >= 0.3 is 0 Å². The quantitative estimate of drug-likeness (QED) is 0.731. The first-order chi connectivity index (χ1) is 8.27. The van der Waals surface area contributed by atoms with E-state index < -0.39 is 10.0 Å². The first-order valence-corrected chi connectivity index (χ1v) is 8.36. The van der Waals surface area contributed by atoms with Gasteiger partial charge in [-0.2, -0.15) is 0 Å². The number of piperidine rings is 1. The molecule has 2 fully saturated rings. The molecular formula is C12H22N2O3S. The molecule has 0 aromatic carbocycles. The first-order valence-electron chi connectivity index (χ1n) is 6.51. The van der Waals surface area contributed by atoms with Crippen LogP contribution in [0, 0.1) is 17.8 Å². The molecule has 2 rings (SSSR count). The van der Waals surface area contributed by atoms with E-state index in [0.29, 0.717) is 24.9 Å². The van der Waals surface area contributed by atoms with E-state index in [1.807, 2.05) is 4.90 Å². The van der Waals surface area contributed by atoms with Crippen LogP contribution in [0.2, 0.25) is 0 Å². The summed E-state index contributed by atoms with van der Waals surface area (Å²) in [6, 6.07) is 0. The predicted molar refractivity (Wildman–Crippen MR) is 69.4 cm³/mol. The number of rotatable bonds is 2. The van der Waals surface area contributed by atoms with Gasteiger partial charge < -0.3 is 4.90 Å². The van der Waals surface area contributed by atoms with E-state index >= 15 is 0 Å². The van der Waals surface area contributed by atoms with Crippen molar-refractivity contribution < 1.29 is 13.2 Å². The van der Waals surface area contributed by atoms with Crippen LogP contribution in [-0.2, 0) is 14.8 Å². The lowest BCUT2D eigenvalue weighted by Crippen LogP contribution is -2.57. The van der Waals surface area contributed by atoms with Crippen molar-refractivity contribution in [3.05, 3.63) is 0 Å². The second kappa shape index (κ2) is 4.81. The monoisotopic (exact) mass is 274 g/mol. The average Bonchev–Trinajstić information content (AvgIpc) is 2.10. The van der Waals surface area contributed by atoms with Crippen LogP contribution in [-0.4, -0.2) is 56.0 Å². The van der Waals surface area contributed by atoms with Crippen molar-refractivity contribution in [2.45, 2.75) is 20.3 Å². The van der Waals surface area contributed by atoms with E-state index in [0.717, 1.165) is 13.1 Å². The van der Waals surface area contributed by atoms with E-state index in [4.69, 9.17) is 0 Å². The second-order valence-electron chi connectivity index (χ2n) is 5.97. The zero-order valence-electron chi connectivity index (χ0n) is 11.3. The molecule has 2 unspecified atom stereocenters. The van der Waals surface area contributed by atoms with Crippen LogP contribution in [0.15, 0.2) is 0 Å². The SMILES string of the molecule is CC1CC(C)CN(C(=O)C2CN(S(C)(=O)=O)C2)C1. The Morgan fingerprint density at radius 2 is 1.56 bits per heavy atom. The molecule has 2 aliphatic rings. The summed E-state index contributed by atoms with van der Waals surface area (Å²) in [7, 11) is -3.12. The number of sulfonamides is 1. The highest BCUT2D eigenvalue weighted by Crippen LogP contribution is 2.26. The number of carbonyl (C=O) groups excluding carboxylic acids is 1. The van der Waals surface area contributed by atoms with Crippen LogP contribution in [0.25, 0.3) is 0 Å². The van der Waals surface area contributed by atoms with Crippen LogP contribution in [0.1, 0.15) is 20.3 Å². The zero-order valence-corrected chi connectivity index (χ0v) is 12.1. The van der Waals surface area contributed by atoms with E-state index in [1.165, 1.54) is 17.0 Å². The lowest BCUT2D eigenvalue weighted by atomic mass is 9.90. The van der Waals surface area contributed by atoms with Gasteiger partial charge in [0.1, 0.15) is 0 Å². The summed E-state index contributed by atoms with van der Waals surface area (Å²) in [6.07, 6.45) is 2.36. The number of nitrogens with zero attached hydrogens (tertiary/aromatic N) is 2. The fraction of sp³-hybridized carbons (Fsp3) is 0.917. The summed E-state index contributed by atoms with van der Waals surface area (Å²) in [5.74, 6) is 1.10. The smallest absolute Gasteiger partial charge is 0.228 e. The summed E-state index contributed by atoms with van der Waals surface area (Å²) in [5.41, 5.74) is 0. The van der Waals surface area contributed by atoms with Crippen LogP contribution in [0.3, 0.4) is 0 Å². The fourth-order valence-electron chi connectivity index (χ4n) is 2.97. The number of amides is 1. The molecule has 0 saturated carbocycles. The molecule has 104 valence electrons. The van der Waals surface area contributed by atoms with Gasteiger partial charge in [-0.25, -0.2) is 12.7 Å². The van der Waals surface area contributed by atoms with E-state index in [1.54, 1.807) is 0 Å². The minimum Gasteiger partial charge on any atom is -0.342 e. The van der Waals surface area contributed by atoms with Gasteiger partial charge in [-0.05, 0) is 18.3 Å². The van der Waals surface area contributed by atoms with Gasteiger partial charge in [-0.3, -0.25) is 4.79 Å². The van der Waals surface area contributed by atoms with Crippen LogP contribution >= 0.6 is 0 Å². The molecule has 2 heterocycles. The number of carbonyl (C=O) groups is 1. The van der Waals surface area contributed by atoms with Crippen molar-refractivity contribution in [1.82, 2.24) is 9.21 Å². The molecule has 0 N–H and O–H groups in total. The minimum atomic E-state index is -3.12. The van der Waals surface area contributed by atoms with Crippen LogP contribution < -0.4 is 0 Å². The molecule has 0 aromatic heterocycles. The lowest BCUT2D eigenvalue weighted by Gasteiger charge is -2.42. The van der Waals surface area contributed by atoms with Crippen molar-refractivity contribution in [2.75, 3.05) is 32.4 Å². The van der Waals surface area contributed by atoms with Crippen molar-refractivity contribution in [3.63, 3.8) is 0 Å². The van der Waals surface area contributed by atoms with Crippen molar-refractivity contribution >= 4 is 15.9 Å². The van der Waals surface area contributed by atoms with E-state index in [2.05, 4.69) is 13.8 Å². The summed E-state index contributed by atoms with van der Waals surface area (Å²) in [5, 5.41) is 0. The lowest BCUT2D eigenvalue weighted by molar-refractivity contribution is -0.141. The number of likely N-dealkylation sites (tertiary alicyclic amines) is 1. The van der Waals surface area contributed by atoms with E-state index in [-0.39, 0.29) is 11.8 Å². The number of hydrogen-bond donors (Lipinski definition) is 0. The standard InChI is InChI=1S/C12H22N2O3S/c1-9-4-10(2)6-13(5-9)12(15)11-7-14(8-11)18(3,16)17/h9-11H,4-8H2,1-3H3. The maximum absolute atomic E-state index is 12.2. The molecule has 0 radical (unpaired) electrons. The topological polar surface area (TPSA) is 57.7 Å². The van der Waals surface area contributed by atoms with Gasteiger partial charge in [-0.1, -0.05) is 13.8 Å². The fourth-order valence-corrected chi connectivity index (χ4v) is 3.87. The van der Waals surface area contributed by atoms with Gasteiger partial charge in [0.2, 0.25) is 15.9 Å². The summed E-state index contributed by atoms with van der Waals surface area (Å²) in [4.78, 5) is 14.2. The largest absolute Gasteiger partial charge is 0.342 e. The average molecular weight is 274 g/mol. The third kappa shape index (κ3) is 2.85. The third-order valence-corrected chi connectivity index (χ3v) is 5.08. The van der Waals surface area contributed by atoms with Crippen molar-refractivity contribution in [1.29, 1.82) is 0 Å². The normalized spacial score (nSPS) is 31.2. The van der Waals surface area contributed by atoms with Gasteiger partial charge in [-0.15, -0.1) is 0 Å². The molecule has 18 heavy (non-hydrogen) atoms. The molecule has 2 aliphatic heterocycles. The van der Waals surface area contributed by atoms with Gasteiger partial charge in [0.05, 0.1) is 12.2 Å². The summed E-state index contributed by atoms with van der Waals surface area (Å²) < 4.78 is 23.9. The predicted octanol–water partition coefficient (Wildman–Crippen LogP) is 0.382. The van der Waals surface area contributed by atoms with Crippen molar-refractivity contribution in [2.24, 2.45) is 17.8 Å². The molecule has 0 aromatic rings. The maximum Gasteiger partial charge on any atom is 0.228 e. The molecule has 0 spiro atoms. The second-order valence-corrected chi connectivity index (χ2v) is 7.95. The Balaban J connectivity index is 1.90. The third-order valence-electron chi connectivity index (χ3n) is 3.85. The Hall–Kier alpha value is -0.620. The Morgan fingerprint density at radius 1 is 1.06 bits per heavy atom. The molecule has 2 atom stereocenters. The molecule has 2 saturated heterocycles. The molecular weight excluding hydrogens is 252 g/mol. The zero-order chi connectivity index (χ0) is 13.5. The molecule has 0 aliphatic carbocycles. The highest BCUT2D eigenvalue weighted by Gasteiger charge is 2.40. The molecule has 0 bridgehead atoms. The van der Waals surface area contributed by atoms with Gasteiger partial charge in [0, 0.05) is 26.2 Å². The van der Waals surface area contributed by atoms with E-state index in [9.17, 15) is 13.2 Å². The highest BCUT2D eigenvalue weighted by molar-refractivity contribution is 7.88. The van der Waals surface area contributed by atoms with Crippen molar-refractivity contribution in [3.8, 4) is 0 Å². The van der Waals surface area contributed by atoms with Crippen LogP contribution in [0.5, 0.6) is 0 Å². The van der Waals surface area contributed by atoms with Gasteiger partial charge in [0.15, 0.2) is 0 Å². The number of hydrogen-bond acceptors (Lipinski definition) is 3. The highest BCUT2D eigenvalue weighted by atomic mass is 32.2. The minimum absolute atomic E-state index is 0.128.